The molecule has 11 heterocycles. The molecule has 0 spiro atoms. The lowest BCUT2D eigenvalue weighted by Crippen LogP contribution is -2.46. The Morgan fingerprint density at radius 3 is 1.25 bits per heavy atom. The van der Waals surface area contributed by atoms with Crippen LogP contribution >= 0.6 is 15.5 Å². The summed E-state index contributed by atoms with van der Waals surface area (Å²) in [5.74, 6) is -0.584. The van der Waals surface area contributed by atoms with E-state index in [-0.39, 0.29) is 23.1 Å². The van der Waals surface area contributed by atoms with Crippen molar-refractivity contribution in [3.63, 3.8) is 0 Å². The first-order chi connectivity index (χ1) is 46.5. The smallest absolute Gasteiger partial charge is 0.413 e. The van der Waals surface area contributed by atoms with Crippen LogP contribution in [0.3, 0.4) is 0 Å². The van der Waals surface area contributed by atoms with Crippen molar-refractivity contribution in [1.82, 2.24) is 53.8 Å². The zero-order chi connectivity index (χ0) is 71.7. The molecule has 13 rings (SSSR count). The summed E-state index contributed by atoms with van der Waals surface area (Å²) in [6.07, 6.45) is -0.252. The van der Waals surface area contributed by atoms with Crippen LogP contribution in [0.1, 0.15) is 116 Å². The van der Waals surface area contributed by atoms with E-state index in [2.05, 4.69) is 40.1 Å². The number of carbonyl (C=O) groups is 2. The average Bonchev–Trinajstić information content (AvgIpc) is 1.56. The second-order valence-electron chi connectivity index (χ2n) is 26.7. The van der Waals surface area contributed by atoms with Gasteiger partial charge in [-0.1, -0.05) is 36.4 Å². The Labute approximate surface area is 570 Å². The monoisotopic (exact) mass is 1410 g/mol. The van der Waals surface area contributed by atoms with Crippen LogP contribution in [-0.4, -0.2) is 166 Å². The number of hydrogen-bond donors (Lipinski definition) is 8. The van der Waals surface area contributed by atoms with Gasteiger partial charge in [-0.05, 0) is 139 Å². The van der Waals surface area contributed by atoms with Crippen molar-refractivity contribution >= 4 is 77.6 Å². The largest absolute Gasteiger partial charge is 0.459 e. The third kappa shape index (κ3) is 14.5. The van der Waals surface area contributed by atoms with Gasteiger partial charge in [0, 0.05) is 18.6 Å². The predicted molar refractivity (Wildman–Crippen MR) is 360 cm³/mol. The summed E-state index contributed by atoms with van der Waals surface area (Å²) in [6.45, 7) is 23.4. The maximum Gasteiger partial charge on any atom is 0.459 e. The first-order valence-electron chi connectivity index (χ1n) is 32.1. The quantitative estimate of drug-likeness (QED) is 0.0345. The molecule has 99 heavy (non-hydrogen) atoms. The lowest BCUT2D eigenvalue weighted by atomic mass is 9.94. The van der Waals surface area contributed by atoms with Crippen LogP contribution < -0.4 is 36.4 Å². The van der Waals surface area contributed by atoms with E-state index in [4.69, 9.17) is 68.5 Å². The number of ether oxygens (including phenoxy) is 7. The summed E-state index contributed by atoms with van der Waals surface area (Å²) < 4.78 is 100. The van der Waals surface area contributed by atoms with E-state index in [1.807, 2.05) is 81.3 Å². The Morgan fingerprint density at radius 1 is 0.535 bits per heavy atom. The lowest BCUT2D eigenvalue weighted by molar-refractivity contribution is -0.221. The van der Waals surface area contributed by atoms with Crippen LogP contribution in [0.15, 0.2) is 116 Å². The van der Waals surface area contributed by atoms with Crippen molar-refractivity contribution in [2.24, 2.45) is 0 Å². The van der Waals surface area contributed by atoms with Gasteiger partial charge in [-0.25, -0.2) is 49.2 Å². The molecule has 5 aliphatic rings. The molecule has 0 radical (unpaired) electrons. The zero-order valence-electron chi connectivity index (χ0n) is 57.2. The molecule has 5 fully saturated rings. The fourth-order valence-corrected chi connectivity index (χ4v) is 16.6. The number of Topliss-reactive ketones (excluding diaryl/α,β-unsaturated/α-hetero) is 2. The number of anilines is 3. The van der Waals surface area contributed by atoms with Gasteiger partial charge in [0.2, 0.25) is 0 Å². The zero-order valence-corrected chi connectivity index (χ0v) is 59.0. The molecule has 0 saturated carbocycles. The van der Waals surface area contributed by atoms with Crippen molar-refractivity contribution in [3.05, 3.63) is 116 Å². The summed E-state index contributed by atoms with van der Waals surface area (Å²) in [5, 5.41) is 39.7. The average molecular weight is 1410 g/mol. The normalized spacial score (nSPS) is 30.2. The number of benzene rings is 2. The summed E-state index contributed by atoms with van der Waals surface area (Å²) in [7, 11) is -8.21. The molecule has 0 amide bonds. The van der Waals surface area contributed by atoms with Crippen molar-refractivity contribution in [2.45, 2.75) is 211 Å². The third-order valence-corrected chi connectivity index (χ3v) is 21.5. The number of para-hydroxylation sites is 2. The van der Waals surface area contributed by atoms with E-state index in [0.29, 0.717) is 45.1 Å². The number of aliphatic hydroxyl groups is 3. The number of aliphatic hydroxyl groups excluding tert-OH is 2. The van der Waals surface area contributed by atoms with Crippen LogP contribution in [0.5, 0.6) is 11.5 Å². The van der Waals surface area contributed by atoms with Gasteiger partial charge in [-0.15, -0.1) is 0 Å². The van der Waals surface area contributed by atoms with Crippen LogP contribution in [-0.2, 0) is 60.9 Å². The van der Waals surface area contributed by atoms with E-state index < -0.39 is 130 Å². The molecule has 5 aliphatic heterocycles. The fraction of sp³-hybridized carbons (Fsp3) is 0.508. The predicted octanol–water partition coefficient (Wildman–Crippen LogP) is 7.36. The number of carbonyl (C=O) groups excluding carboxylic acids is 2. The number of ketones is 2. The molecule has 2 aromatic carbocycles. The molecule has 34 heteroatoms. The summed E-state index contributed by atoms with van der Waals surface area (Å²) >= 11 is 0. The molecule has 0 bridgehead atoms. The van der Waals surface area contributed by atoms with Gasteiger partial charge in [0.05, 0.1) is 46.6 Å². The highest BCUT2D eigenvalue weighted by atomic mass is 31.2. The fourth-order valence-electron chi connectivity index (χ4n) is 13.1. The molecule has 5 saturated heterocycles. The summed E-state index contributed by atoms with van der Waals surface area (Å²) in [6, 6.07) is 20.7. The third-order valence-electron chi connectivity index (χ3n) is 18.0. The van der Waals surface area contributed by atoms with Crippen LogP contribution in [0.25, 0.3) is 33.1 Å². The van der Waals surface area contributed by atoms with Crippen molar-refractivity contribution < 1.29 is 85.3 Å². The van der Waals surface area contributed by atoms with E-state index >= 15 is 0 Å². The number of hydrogen-bond acceptors (Lipinski definition) is 27. The highest BCUT2D eigenvalue weighted by Gasteiger charge is 2.67. The lowest BCUT2D eigenvalue weighted by Gasteiger charge is -2.31. The minimum absolute atomic E-state index is 0.220. The number of nitrogen functional groups attached to an aromatic ring is 3. The molecule has 6 aromatic heterocycles. The minimum atomic E-state index is -4.14. The van der Waals surface area contributed by atoms with Crippen LogP contribution in [0.4, 0.5) is 17.5 Å². The molecule has 8 aromatic rings. The van der Waals surface area contributed by atoms with E-state index in [1.54, 1.807) is 92.2 Å². The van der Waals surface area contributed by atoms with Crippen molar-refractivity contribution in [3.8, 4) is 11.5 Å². The molecular weight excluding hydrogens is 1330 g/mol. The number of nitrogens with zero attached hydrogens (tertiary/aromatic N) is 9. The minimum Gasteiger partial charge on any atom is -0.413 e. The topological polar surface area (TPSA) is 425 Å². The number of aromatic nitrogens is 9. The Morgan fingerprint density at radius 2 is 0.879 bits per heavy atom. The number of nitrogens with two attached hydrogens (primary N) is 3. The van der Waals surface area contributed by atoms with Gasteiger partial charge in [-0.2, -0.15) is 0 Å². The van der Waals surface area contributed by atoms with Crippen LogP contribution in [0.2, 0.25) is 0 Å². The second kappa shape index (κ2) is 27.5. The summed E-state index contributed by atoms with van der Waals surface area (Å²) in [4.78, 5) is 48.9. The first kappa shape index (κ1) is 72.8. The molecular formula is C65H86N14O18P2. The van der Waals surface area contributed by atoms with Crippen LogP contribution in [0, 0.1) is 0 Å². The molecule has 5 unspecified atom stereocenters. The van der Waals surface area contributed by atoms with E-state index in [0.717, 1.165) is 5.39 Å². The Bertz CT molecular complexity index is 4340. The first-order valence-corrected chi connectivity index (χ1v) is 35.2. The standard InChI is InChI=1S/C26H34N5O7P.C23H30N5O7P.C16H22N4O4/c1-15(16(2)32)30-39(33,37-18-10-8-7-9-11-18)36-17(3)20-21-26(6,38-25(4,5)35-21)24(34-20)31-13-12-19-22(27)28-14-29-23(19)31;1-13(14(2)29)27-36(32,35-16-8-6-5-7-9-16)34-15(3)18-19(30)23(4,31)22(33-18)28-11-10-17-20(24)25-12-26-21(17)28;1-8(21)10-11-16(4,24-15(2,3)23-11)14(22-10)20-6-5-9-12(17)18-7-19-13(9)20/h7-15,17,20-21,24H,1-6H3,(H,30,33)(H2,27,28,29);5-13,15,18-19,22,30-31H,1-4H3,(H,27,32)(H2,24,25,26);5-8,10-11,14,21H,1-4H3,(H2,17,18,19)/t15-,17?,20+,21+,24+,26+,39?;13-,15?,18+,19+,22+,23+,36?;8?,10-,11-,14-,16-/m001/s1. The highest BCUT2D eigenvalue weighted by molar-refractivity contribution is 7.52. The molecule has 0 aliphatic carbocycles. The molecule has 19 atom stereocenters. The second-order valence-corrected chi connectivity index (χ2v) is 30.0. The van der Waals surface area contributed by atoms with Gasteiger partial charge in [-0.3, -0.25) is 18.6 Å². The van der Waals surface area contributed by atoms with E-state index in [9.17, 15) is 34.0 Å². The van der Waals surface area contributed by atoms with Gasteiger partial charge < -0.3 is 88.4 Å². The molecule has 32 nitrogen and oxygen atoms in total. The number of fused-ring (bicyclic) bond motifs is 5. The molecule has 534 valence electrons. The maximum absolute atomic E-state index is 14.0. The summed E-state index contributed by atoms with van der Waals surface area (Å²) in [5.41, 5.74) is 16.0. The highest BCUT2D eigenvalue weighted by Crippen LogP contribution is 2.57. The van der Waals surface area contributed by atoms with Crippen molar-refractivity contribution in [2.75, 3.05) is 17.2 Å². The number of nitrogens with one attached hydrogen (secondary N) is 2. The Kier molecular flexibility index (Phi) is 20.2. The van der Waals surface area contributed by atoms with Gasteiger partial charge >= 0.3 is 15.5 Å². The van der Waals surface area contributed by atoms with Gasteiger partial charge in [0.15, 0.2) is 30.3 Å². The van der Waals surface area contributed by atoms with Crippen molar-refractivity contribution in [1.29, 1.82) is 0 Å². The Hall–Kier alpha value is -7.46. The number of rotatable bonds is 20. The van der Waals surface area contributed by atoms with Gasteiger partial charge in [0.1, 0.15) is 130 Å². The Balaban J connectivity index is 0.000000154. The van der Waals surface area contributed by atoms with Gasteiger partial charge in [0.25, 0.3) is 0 Å². The van der Waals surface area contributed by atoms with E-state index in [1.165, 1.54) is 53.6 Å². The SMILES string of the molecule is CC(=O)[C@H](C)NP(=O)(Oc1ccccc1)OC(C)[C@H]1O[C@@H](n2ccc3c(N)ncnc32)[C@](C)(O)[C@@H]1O.CC(=O)[C@H](C)NP(=O)(Oc1ccccc1)OC(C)[C@H]1O[C@@H](n2ccc3c(N)ncnc32)[C@]2(C)OC(C)(C)O[C@H]12.CC(O)[C@H]1O[C@@H](n2ccc3c(N)ncnc32)[C@]2(C)OC(C)(C)O[C@H]12. The molecule has 11 N–H and O–H groups in total. The maximum atomic E-state index is 14.0.